The fourth-order valence-electron chi connectivity index (χ4n) is 0. The van der Waals surface area contributed by atoms with E-state index in [4.69, 9.17) is 20.4 Å². The molecule has 0 unspecified atom stereocenters. The molecule has 0 bridgehead atoms. The van der Waals surface area contributed by atoms with Gasteiger partial charge in [-0.2, -0.15) is 28.4 Å². The molecule has 0 N–H and O–H groups in total. The van der Waals surface area contributed by atoms with Gasteiger partial charge in [-0.25, -0.2) is 0 Å². The third-order valence-electron chi connectivity index (χ3n) is 0. The van der Waals surface area contributed by atoms with E-state index in [1.54, 1.807) is 0 Å². The Balaban J connectivity index is -0.00000000762. The molecule has 0 aliphatic heterocycles. The van der Waals surface area contributed by atoms with E-state index in [-0.39, 0.29) is 21.1 Å². The molecule has 0 atom stereocenters. The molecule has 62 valence electrons. The van der Waals surface area contributed by atoms with E-state index in [0.29, 0.717) is 0 Å². The van der Waals surface area contributed by atoms with Gasteiger partial charge in [0.15, 0.2) is 0 Å². The Labute approximate surface area is 70.4 Å². The molecule has 0 aromatic heterocycles. The molecular weight excluding hydrogens is 296 g/mol. The molecule has 0 aliphatic carbocycles. The van der Waals surface area contributed by atoms with Crippen molar-refractivity contribution >= 4 is 0 Å². The Kier molecular flexibility index (Phi) is 6500. The standard InChI is InChI=1S/4CH3O.W/c4*1-2;/h4*1H3;/q4*-1;. The van der Waals surface area contributed by atoms with Gasteiger partial charge in [-0.15, -0.1) is 0 Å². The summed E-state index contributed by atoms with van der Waals surface area (Å²) >= 11 is 0. The summed E-state index contributed by atoms with van der Waals surface area (Å²) in [7, 11) is 3.00. The first-order chi connectivity index (χ1) is 4.00. The molecule has 0 amide bonds. The van der Waals surface area contributed by atoms with E-state index in [2.05, 4.69) is 0 Å². The number of hydrogen-bond acceptors (Lipinski definition) is 4. The van der Waals surface area contributed by atoms with E-state index >= 15 is 0 Å². The Morgan fingerprint density at radius 1 is 0.444 bits per heavy atom. The second-order valence-corrected chi connectivity index (χ2v) is 0. The summed E-state index contributed by atoms with van der Waals surface area (Å²) in [6, 6.07) is 0. The Morgan fingerprint density at radius 3 is 0.444 bits per heavy atom. The zero-order chi connectivity index (χ0) is 8.00. The third kappa shape index (κ3) is 1300. The van der Waals surface area contributed by atoms with Gasteiger partial charge in [0, 0.05) is 21.1 Å². The smallest absolute Gasteiger partial charge is 0 e. The van der Waals surface area contributed by atoms with Crippen LogP contribution < -0.4 is 20.4 Å². The molecule has 0 rings (SSSR count). The van der Waals surface area contributed by atoms with Crippen LogP contribution in [-0.4, -0.2) is 28.4 Å². The van der Waals surface area contributed by atoms with Crippen molar-refractivity contribution in [2.45, 2.75) is 0 Å². The third-order valence-corrected chi connectivity index (χ3v) is 0. The molecule has 5 heteroatoms. The molecule has 4 nitrogen and oxygen atoms in total. The van der Waals surface area contributed by atoms with Crippen LogP contribution in [0.2, 0.25) is 0 Å². The van der Waals surface area contributed by atoms with Crippen LogP contribution in [0.5, 0.6) is 0 Å². The fourth-order valence-corrected chi connectivity index (χ4v) is 0. The van der Waals surface area contributed by atoms with Crippen molar-refractivity contribution in [2.24, 2.45) is 0 Å². The minimum Gasteiger partial charge on any atom is -0.857 e. The van der Waals surface area contributed by atoms with Gasteiger partial charge in [-0.05, 0) is 0 Å². The SMILES string of the molecule is C[O-].C[O-].C[O-].C[O-].[W]. The van der Waals surface area contributed by atoms with Crippen molar-refractivity contribution in [3.05, 3.63) is 0 Å². The molecule has 0 heterocycles. The molecule has 0 aromatic rings. The van der Waals surface area contributed by atoms with Crippen molar-refractivity contribution < 1.29 is 41.5 Å². The van der Waals surface area contributed by atoms with Crippen LogP contribution in [0.25, 0.3) is 0 Å². The number of hydrogen-bond donors (Lipinski definition) is 0. The van der Waals surface area contributed by atoms with E-state index in [0.717, 1.165) is 28.4 Å². The van der Waals surface area contributed by atoms with Crippen LogP contribution in [0.1, 0.15) is 0 Å². The van der Waals surface area contributed by atoms with Crippen LogP contribution in [0, 0.1) is 0 Å². The predicted molar refractivity (Wildman–Crippen MR) is 23.7 cm³/mol. The first-order valence-corrected chi connectivity index (χ1v) is 1.63. The number of rotatable bonds is 0. The first kappa shape index (κ1) is 33.8. The summed E-state index contributed by atoms with van der Waals surface area (Å²) in [4.78, 5) is 0. The van der Waals surface area contributed by atoms with Crippen molar-refractivity contribution in [1.82, 2.24) is 0 Å². The second-order valence-electron chi connectivity index (χ2n) is 0. The second kappa shape index (κ2) is 1730. The van der Waals surface area contributed by atoms with Gasteiger partial charge < -0.3 is 20.4 Å². The monoisotopic (exact) mass is 308 g/mol. The van der Waals surface area contributed by atoms with Crippen LogP contribution >= 0.6 is 0 Å². The largest absolute Gasteiger partial charge is 0.857 e. The topological polar surface area (TPSA) is 92.2 Å². The average Bonchev–Trinajstić information content (AvgIpc) is 2.03. The Bertz CT molecular complexity index is 12.5. The van der Waals surface area contributed by atoms with E-state index in [1.165, 1.54) is 0 Å². The van der Waals surface area contributed by atoms with Gasteiger partial charge in [-0.1, -0.05) is 0 Å². The summed E-state index contributed by atoms with van der Waals surface area (Å²) < 4.78 is 0. The van der Waals surface area contributed by atoms with Crippen LogP contribution in [0.4, 0.5) is 0 Å². The Hall–Kier alpha value is 0.528. The average molecular weight is 308 g/mol. The van der Waals surface area contributed by atoms with Crippen LogP contribution in [0.3, 0.4) is 0 Å². The Morgan fingerprint density at radius 2 is 0.444 bits per heavy atom. The predicted octanol–water partition coefficient (Wildman–Crippen LogP) is -4.10. The fraction of sp³-hybridized carbons (Fsp3) is 1.00. The zero-order valence-electron chi connectivity index (χ0n) is 6.04. The maximum absolute atomic E-state index is 8.25. The summed E-state index contributed by atoms with van der Waals surface area (Å²) in [5.74, 6) is 0. The molecular formula is C4H12O4W-4. The zero-order valence-corrected chi connectivity index (χ0v) is 8.97. The van der Waals surface area contributed by atoms with Crippen molar-refractivity contribution in [3.63, 3.8) is 0 Å². The molecule has 0 fully saturated rings. The normalized spacial score (nSPS) is 2.67. The van der Waals surface area contributed by atoms with Crippen molar-refractivity contribution in [2.75, 3.05) is 28.4 Å². The van der Waals surface area contributed by atoms with Gasteiger partial charge in [0.1, 0.15) is 0 Å². The van der Waals surface area contributed by atoms with Gasteiger partial charge in [0.2, 0.25) is 0 Å². The van der Waals surface area contributed by atoms with Gasteiger partial charge in [-0.3, -0.25) is 0 Å². The first-order valence-electron chi connectivity index (χ1n) is 1.63. The van der Waals surface area contributed by atoms with Crippen LogP contribution in [0.15, 0.2) is 0 Å². The van der Waals surface area contributed by atoms with E-state index in [9.17, 15) is 0 Å². The quantitative estimate of drug-likeness (QED) is 0.455. The molecule has 0 radical (unpaired) electrons. The maximum Gasteiger partial charge on any atom is 0 e. The molecule has 0 spiro atoms. The van der Waals surface area contributed by atoms with Gasteiger partial charge in [0.05, 0.1) is 0 Å². The minimum absolute atomic E-state index is 0. The van der Waals surface area contributed by atoms with Gasteiger partial charge >= 0.3 is 0 Å². The molecule has 0 saturated heterocycles. The van der Waals surface area contributed by atoms with Crippen LogP contribution in [-0.2, 0) is 21.1 Å². The molecule has 0 aliphatic rings. The summed E-state index contributed by atoms with van der Waals surface area (Å²) in [5.41, 5.74) is 0. The molecule has 0 saturated carbocycles. The maximum atomic E-state index is 8.25. The summed E-state index contributed by atoms with van der Waals surface area (Å²) in [6.07, 6.45) is 0. The molecule has 9 heavy (non-hydrogen) atoms. The summed E-state index contributed by atoms with van der Waals surface area (Å²) in [5, 5.41) is 33.0. The van der Waals surface area contributed by atoms with Crippen molar-refractivity contribution in [1.29, 1.82) is 0 Å². The van der Waals surface area contributed by atoms with Gasteiger partial charge in [0.25, 0.3) is 0 Å². The van der Waals surface area contributed by atoms with E-state index < -0.39 is 0 Å². The van der Waals surface area contributed by atoms with Crippen molar-refractivity contribution in [3.8, 4) is 0 Å². The minimum atomic E-state index is 0. The van der Waals surface area contributed by atoms with E-state index in [1.807, 2.05) is 0 Å². The summed E-state index contributed by atoms with van der Waals surface area (Å²) in [6.45, 7) is 0. The molecule has 0 aromatic carbocycles.